The maximum Gasteiger partial charge on any atom is 0.407 e. The summed E-state index contributed by atoms with van der Waals surface area (Å²) in [5.74, 6) is -1.78. The summed E-state index contributed by atoms with van der Waals surface area (Å²) in [6.45, 7) is 2.96. The highest BCUT2D eigenvalue weighted by Gasteiger charge is 2.48. The highest BCUT2D eigenvalue weighted by molar-refractivity contribution is 6.44. The van der Waals surface area contributed by atoms with Gasteiger partial charge in [0.2, 0.25) is 0 Å². The number of likely N-dealkylation sites (tertiary alicyclic amines) is 1. The molecule has 1 saturated heterocycles. The first-order chi connectivity index (χ1) is 11.1. The van der Waals surface area contributed by atoms with Crippen LogP contribution in [0.15, 0.2) is 0 Å². The maximum absolute atomic E-state index is 12.4. The number of amides is 2. The number of aromatic nitrogens is 1. The summed E-state index contributed by atoms with van der Waals surface area (Å²) in [5.41, 5.74) is -0.884. The minimum Gasteiger partial charge on any atom is -0.481 e. The number of piperidine rings is 1. The zero-order valence-electron chi connectivity index (χ0n) is 13.0. The lowest BCUT2D eigenvalue weighted by atomic mass is 9.77. The van der Waals surface area contributed by atoms with Gasteiger partial charge in [-0.05, 0) is 20.3 Å². The summed E-state index contributed by atoms with van der Waals surface area (Å²) in [6, 6.07) is -0.753. The third-order valence-electron chi connectivity index (χ3n) is 4.32. The second kappa shape index (κ2) is 6.52. The van der Waals surface area contributed by atoms with Crippen molar-refractivity contribution in [2.24, 2.45) is 5.41 Å². The molecule has 24 heavy (non-hydrogen) atoms. The number of aliphatic carboxylic acids is 1. The van der Waals surface area contributed by atoms with Crippen molar-refractivity contribution in [1.29, 1.82) is 0 Å². The third-order valence-corrected chi connectivity index (χ3v) is 5.27. The molecule has 2 atom stereocenters. The summed E-state index contributed by atoms with van der Waals surface area (Å²) in [5, 5.41) is 21.5. The van der Waals surface area contributed by atoms with Crippen LogP contribution in [0.5, 0.6) is 0 Å². The largest absolute Gasteiger partial charge is 0.481 e. The Morgan fingerprint density at radius 1 is 1.29 bits per heavy atom. The zero-order valence-corrected chi connectivity index (χ0v) is 14.5. The van der Waals surface area contributed by atoms with E-state index >= 15 is 0 Å². The molecule has 132 valence electrons. The van der Waals surface area contributed by atoms with Crippen LogP contribution in [0.1, 0.15) is 29.5 Å². The van der Waals surface area contributed by atoms with E-state index in [0.29, 0.717) is 5.69 Å². The minimum absolute atomic E-state index is 0.0487. The van der Waals surface area contributed by atoms with Crippen LogP contribution in [-0.2, 0) is 4.79 Å². The van der Waals surface area contributed by atoms with Crippen molar-refractivity contribution in [1.82, 2.24) is 15.2 Å². The highest BCUT2D eigenvalue weighted by Crippen LogP contribution is 2.32. The molecule has 8 nitrogen and oxygen atoms in total. The lowest BCUT2D eigenvalue weighted by Crippen LogP contribution is -2.61. The van der Waals surface area contributed by atoms with E-state index in [0.717, 1.165) is 4.90 Å². The van der Waals surface area contributed by atoms with Gasteiger partial charge in [0, 0.05) is 24.8 Å². The van der Waals surface area contributed by atoms with Gasteiger partial charge in [-0.3, -0.25) is 9.59 Å². The third kappa shape index (κ3) is 3.16. The predicted molar refractivity (Wildman–Crippen MR) is 86.8 cm³/mol. The van der Waals surface area contributed by atoms with E-state index < -0.39 is 29.4 Å². The van der Waals surface area contributed by atoms with Crippen LogP contribution in [0.4, 0.5) is 4.79 Å². The first kappa shape index (κ1) is 18.4. The fourth-order valence-electron chi connectivity index (χ4n) is 2.76. The van der Waals surface area contributed by atoms with Crippen molar-refractivity contribution in [3.63, 3.8) is 0 Å². The summed E-state index contributed by atoms with van der Waals surface area (Å²) in [6.07, 6.45) is -1.02. The Labute approximate surface area is 147 Å². The number of nitrogens with zero attached hydrogens (tertiary/aromatic N) is 1. The first-order valence-corrected chi connectivity index (χ1v) is 7.89. The summed E-state index contributed by atoms with van der Waals surface area (Å²) >= 11 is 11.9. The number of halogens is 2. The van der Waals surface area contributed by atoms with E-state index in [1.54, 1.807) is 6.92 Å². The molecular weight excluding hydrogens is 361 g/mol. The molecule has 1 aliphatic heterocycles. The molecule has 0 radical (unpaired) electrons. The number of carbonyl (C=O) groups is 3. The Hall–Kier alpha value is -1.93. The van der Waals surface area contributed by atoms with E-state index in [-0.39, 0.29) is 35.2 Å². The van der Waals surface area contributed by atoms with Crippen molar-refractivity contribution in [3.05, 3.63) is 21.4 Å². The molecule has 0 aromatic carbocycles. The van der Waals surface area contributed by atoms with Crippen LogP contribution in [0.3, 0.4) is 0 Å². The number of carboxylic acids is 1. The van der Waals surface area contributed by atoms with Gasteiger partial charge in [0.1, 0.15) is 11.1 Å². The molecule has 2 heterocycles. The van der Waals surface area contributed by atoms with Crippen molar-refractivity contribution in [2.45, 2.75) is 26.3 Å². The lowest BCUT2D eigenvalue weighted by Gasteiger charge is -2.42. The average Bonchev–Trinajstić information content (AvgIpc) is 2.76. The van der Waals surface area contributed by atoms with E-state index in [4.69, 9.17) is 28.3 Å². The number of hydrogen-bond acceptors (Lipinski definition) is 3. The fraction of sp³-hybridized carbons (Fsp3) is 0.500. The molecule has 2 unspecified atom stereocenters. The SMILES string of the molecule is Cc1[nH]c(C(=O)NC2CCN(C(=O)O)CC2(C)C(=O)O)c(Cl)c1Cl. The van der Waals surface area contributed by atoms with Gasteiger partial charge in [-0.2, -0.15) is 0 Å². The molecule has 4 N–H and O–H groups in total. The molecule has 2 amide bonds. The van der Waals surface area contributed by atoms with Crippen LogP contribution in [0, 0.1) is 12.3 Å². The van der Waals surface area contributed by atoms with Crippen LogP contribution >= 0.6 is 23.2 Å². The van der Waals surface area contributed by atoms with Crippen LogP contribution in [-0.4, -0.2) is 57.2 Å². The van der Waals surface area contributed by atoms with Gasteiger partial charge in [0.25, 0.3) is 5.91 Å². The summed E-state index contributed by atoms with van der Waals surface area (Å²) in [7, 11) is 0. The number of rotatable bonds is 3. The van der Waals surface area contributed by atoms with Crippen molar-refractivity contribution >= 4 is 41.2 Å². The number of hydrogen-bond donors (Lipinski definition) is 4. The standard InChI is InChI=1S/C14H17Cl2N3O5/c1-6-8(15)9(16)10(17-6)11(20)18-7-3-4-19(13(23)24)5-14(7,2)12(21)22/h7,17H,3-5H2,1-2H3,(H,18,20)(H,21,22)(H,23,24). The molecule has 1 aliphatic rings. The van der Waals surface area contributed by atoms with E-state index in [2.05, 4.69) is 10.3 Å². The second-order valence-electron chi connectivity index (χ2n) is 5.99. The Morgan fingerprint density at radius 3 is 2.38 bits per heavy atom. The fourth-order valence-corrected chi connectivity index (χ4v) is 3.18. The van der Waals surface area contributed by atoms with Crippen molar-refractivity contribution in [3.8, 4) is 0 Å². The van der Waals surface area contributed by atoms with Gasteiger partial charge in [0.05, 0.1) is 10.0 Å². The van der Waals surface area contributed by atoms with Gasteiger partial charge in [-0.15, -0.1) is 0 Å². The van der Waals surface area contributed by atoms with Crippen LogP contribution in [0.25, 0.3) is 0 Å². The quantitative estimate of drug-likeness (QED) is 0.642. The molecule has 0 aliphatic carbocycles. The van der Waals surface area contributed by atoms with Gasteiger partial charge in [0.15, 0.2) is 0 Å². The number of aromatic amines is 1. The van der Waals surface area contributed by atoms with Gasteiger partial charge >= 0.3 is 12.1 Å². The van der Waals surface area contributed by atoms with Gasteiger partial charge in [-0.25, -0.2) is 4.79 Å². The average molecular weight is 378 g/mol. The Balaban J connectivity index is 2.24. The Bertz CT molecular complexity index is 705. The number of carboxylic acid groups (broad SMARTS) is 2. The molecule has 0 bridgehead atoms. The van der Waals surface area contributed by atoms with Gasteiger partial charge < -0.3 is 25.4 Å². The van der Waals surface area contributed by atoms with Gasteiger partial charge in [-0.1, -0.05) is 23.2 Å². The molecule has 1 aromatic rings. The molecule has 0 spiro atoms. The predicted octanol–water partition coefficient (Wildman–Crippen LogP) is 2.20. The molecule has 1 aromatic heterocycles. The Morgan fingerprint density at radius 2 is 1.92 bits per heavy atom. The van der Waals surface area contributed by atoms with Crippen molar-refractivity contribution in [2.75, 3.05) is 13.1 Å². The highest BCUT2D eigenvalue weighted by atomic mass is 35.5. The monoisotopic (exact) mass is 377 g/mol. The van der Waals surface area contributed by atoms with E-state index in [1.165, 1.54) is 6.92 Å². The number of H-pyrrole nitrogens is 1. The number of nitrogens with one attached hydrogen (secondary N) is 2. The molecule has 1 fully saturated rings. The van der Waals surface area contributed by atoms with E-state index in [9.17, 15) is 19.5 Å². The summed E-state index contributed by atoms with van der Waals surface area (Å²) < 4.78 is 0. The smallest absolute Gasteiger partial charge is 0.407 e. The summed E-state index contributed by atoms with van der Waals surface area (Å²) in [4.78, 5) is 39.0. The normalized spacial score (nSPS) is 23.8. The van der Waals surface area contributed by atoms with E-state index in [1.807, 2.05) is 0 Å². The van der Waals surface area contributed by atoms with Crippen molar-refractivity contribution < 1.29 is 24.6 Å². The zero-order chi connectivity index (χ0) is 18.2. The number of aryl methyl sites for hydroxylation is 1. The number of carbonyl (C=O) groups excluding carboxylic acids is 1. The minimum atomic E-state index is -1.45. The lowest BCUT2D eigenvalue weighted by molar-refractivity contribution is -0.152. The maximum atomic E-state index is 12.4. The van der Waals surface area contributed by atoms with Crippen LogP contribution < -0.4 is 5.32 Å². The molecule has 2 rings (SSSR count). The molecular formula is C14H17Cl2N3O5. The Kier molecular flexibility index (Phi) is 5.00. The first-order valence-electron chi connectivity index (χ1n) is 7.13. The molecule has 10 heteroatoms. The molecule has 0 saturated carbocycles. The van der Waals surface area contributed by atoms with Crippen LogP contribution in [0.2, 0.25) is 10.0 Å². The second-order valence-corrected chi connectivity index (χ2v) is 6.75. The topological polar surface area (TPSA) is 123 Å².